The van der Waals surface area contributed by atoms with Crippen LogP contribution in [0.25, 0.3) is 0 Å². The highest BCUT2D eigenvalue weighted by Crippen LogP contribution is 2.28. The van der Waals surface area contributed by atoms with E-state index in [0.717, 1.165) is 5.69 Å². The van der Waals surface area contributed by atoms with Gasteiger partial charge in [0.15, 0.2) is 0 Å². The summed E-state index contributed by atoms with van der Waals surface area (Å²) in [5, 5.41) is 2.99. The van der Waals surface area contributed by atoms with Crippen molar-refractivity contribution in [1.29, 1.82) is 0 Å². The largest absolute Gasteiger partial charge is 0.462 e. The average molecular weight is 205 g/mol. The molecule has 0 saturated heterocycles. The molecule has 0 unspecified atom stereocenters. The fourth-order valence-corrected chi connectivity index (χ4v) is 1.32. The summed E-state index contributed by atoms with van der Waals surface area (Å²) in [5.74, 6) is 0.377. The van der Waals surface area contributed by atoms with Gasteiger partial charge in [-0.1, -0.05) is 0 Å². The van der Waals surface area contributed by atoms with E-state index in [1.54, 1.807) is 37.6 Å². The molecule has 4 nitrogen and oxygen atoms in total. The van der Waals surface area contributed by atoms with Crippen molar-refractivity contribution in [2.24, 2.45) is 0 Å². The summed E-state index contributed by atoms with van der Waals surface area (Å²) in [6.07, 6.45) is 3.21. The van der Waals surface area contributed by atoms with Crippen LogP contribution in [0.3, 0.4) is 0 Å². The van der Waals surface area contributed by atoms with E-state index in [1.807, 2.05) is 0 Å². The van der Waals surface area contributed by atoms with Gasteiger partial charge in [0.1, 0.15) is 12.0 Å². The molecular weight excluding hydrogens is 194 g/mol. The molecule has 1 heterocycles. The maximum Gasteiger partial charge on any atom is 0.338 e. The number of carbonyl (C=O) groups excluding carboxylic acids is 1. The Balaban J connectivity index is 2.26. The zero-order valence-corrected chi connectivity index (χ0v) is 8.32. The van der Waals surface area contributed by atoms with E-state index in [4.69, 9.17) is 9.47 Å². The molecule has 0 aliphatic carbocycles. The zero-order valence-electron chi connectivity index (χ0n) is 8.32. The lowest BCUT2D eigenvalue weighted by Crippen LogP contribution is -2.06. The molecule has 0 spiro atoms. The van der Waals surface area contributed by atoms with Gasteiger partial charge < -0.3 is 14.8 Å². The second-order valence-electron chi connectivity index (χ2n) is 3.00. The summed E-state index contributed by atoms with van der Waals surface area (Å²) in [7, 11) is 0. The fourth-order valence-electron chi connectivity index (χ4n) is 1.32. The maximum atomic E-state index is 11.4. The van der Waals surface area contributed by atoms with Gasteiger partial charge in [-0.15, -0.1) is 0 Å². The number of fused-ring (bicyclic) bond motifs is 1. The Morgan fingerprint density at radius 2 is 2.40 bits per heavy atom. The highest BCUT2D eigenvalue weighted by molar-refractivity contribution is 5.91. The van der Waals surface area contributed by atoms with E-state index < -0.39 is 0 Å². The van der Waals surface area contributed by atoms with Crippen molar-refractivity contribution in [1.82, 2.24) is 0 Å². The molecule has 78 valence electrons. The smallest absolute Gasteiger partial charge is 0.338 e. The van der Waals surface area contributed by atoms with Gasteiger partial charge in [0.05, 0.1) is 17.9 Å². The van der Waals surface area contributed by atoms with Crippen LogP contribution in [0, 0.1) is 0 Å². The van der Waals surface area contributed by atoms with Gasteiger partial charge in [-0.3, -0.25) is 0 Å². The number of rotatable bonds is 2. The summed E-state index contributed by atoms with van der Waals surface area (Å²) in [4.78, 5) is 11.4. The highest BCUT2D eigenvalue weighted by Gasteiger charge is 2.11. The van der Waals surface area contributed by atoms with Crippen LogP contribution in [0.15, 0.2) is 30.7 Å². The highest BCUT2D eigenvalue weighted by atomic mass is 16.5. The van der Waals surface area contributed by atoms with Crippen molar-refractivity contribution in [3.63, 3.8) is 0 Å². The van der Waals surface area contributed by atoms with Gasteiger partial charge in [0, 0.05) is 6.20 Å². The lowest BCUT2D eigenvalue weighted by atomic mass is 10.2. The van der Waals surface area contributed by atoms with E-state index >= 15 is 0 Å². The van der Waals surface area contributed by atoms with Crippen LogP contribution in [0.4, 0.5) is 5.69 Å². The predicted molar refractivity (Wildman–Crippen MR) is 55.8 cm³/mol. The van der Waals surface area contributed by atoms with Gasteiger partial charge in [0.25, 0.3) is 0 Å². The Hall–Kier alpha value is -1.97. The van der Waals surface area contributed by atoms with Crippen LogP contribution < -0.4 is 10.1 Å². The molecule has 1 aliphatic heterocycles. The number of benzene rings is 1. The number of ether oxygens (including phenoxy) is 2. The van der Waals surface area contributed by atoms with Crippen molar-refractivity contribution in [2.45, 2.75) is 6.92 Å². The van der Waals surface area contributed by atoms with Crippen molar-refractivity contribution in [2.75, 3.05) is 11.9 Å². The Bertz CT molecular complexity index is 412. The Labute approximate surface area is 87.5 Å². The Kier molecular flexibility index (Phi) is 2.58. The van der Waals surface area contributed by atoms with Crippen LogP contribution in [-0.2, 0) is 4.74 Å². The number of hydrogen-bond donors (Lipinski definition) is 1. The lowest BCUT2D eigenvalue weighted by molar-refractivity contribution is 0.0526. The van der Waals surface area contributed by atoms with E-state index in [-0.39, 0.29) is 5.97 Å². The molecule has 1 aromatic rings. The third-order valence-corrected chi connectivity index (χ3v) is 1.99. The number of carbonyl (C=O) groups is 1. The molecule has 4 heteroatoms. The quantitative estimate of drug-likeness (QED) is 0.751. The van der Waals surface area contributed by atoms with Crippen LogP contribution in [0.5, 0.6) is 5.75 Å². The van der Waals surface area contributed by atoms with E-state index in [9.17, 15) is 4.79 Å². The number of esters is 1. The zero-order chi connectivity index (χ0) is 10.7. The number of hydrogen-bond acceptors (Lipinski definition) is 4. The van der Waals surface area contributed by atoms with Gasteiger partial charge >= 0.3 is 5.97 Å². The lowest BCUT2D eigenvalue weighted by Gasteiger charge is -2.13. The minimum Gasteiger partial charge on any atom is -0.462 e. The first kappa shape index (κ1) is 9.58. The topological polar surface area (TPSA) is 47.6 Å². The van der Waals surface area contributed by atoms with E-state index in [0.29, 0.717) is 17.9 Å². The first-order valence-corrected chi connectivity index (χ1v) is 4.70. The Morgan fingerprint density at radius 1 is 1.53 bits per heavy atom. The van der Waals surface area contributed by atoms with Gasteiger partial charge in [-0.05, 0) is 25.1 Å². The van der Waals surface area contributed by atoms with Gasteiger partial charge in [-0.25, -0.2) is 4.79 Å². The van der Waals surface area contributed by atoms with Gasteiger partial charge in [0.2, 0.25) is 0 Å². The number of nitrogens with one attached hydrogen (secondary N) is 1. The van der Waals surface area contributed by atoms with Crippen molar-refractivity contribution in [3.8, 4) is 5.75 Å². The standard InChI is InChI=1S/C11H11NO3/c1-2-14-11(13)8-3-4-10-9(7-8)12-5-6-15-10/h3-7,12H,2H2,1H3. The van der Waals surface area contributed by atoms with Crippen molar-refractivity contribution < 1.29 is 14.3 Å². The Morgan fingerprint density at radius 3 is 3.20 bits per heavy atom. The third kappa shape index (κ3) is 1.93. The molecule has 0 atom stereocenters. The molecule has 1 aromatic carbocycles. The molecule has 0 fully saturated rings. The summed E-state index contributed by atoms with van der Waals surface area (Å²) >= 11 is 0. The van der Waals surface area contributed by atoms with E-state index in [1.165, 1.54) is 0 Å². The number of anilines is 1. The van der Waals surface area contributed by atoms with Crippen molar-refractivity contribution >= 4 is 11.7 Å². The van der Waals surface area contributed by atoms with Crippen LogP contribution >= 0.6 is 0 Å². The summed E-state index contributed by atoms with van der Waals surface area (Å²) in [6.45, 7) is 2.15. The second kappa shape index (κ2) is 4.04. The molecule has 0 aromatic heterocycles. The molecule has 1 aliphatic rings. The SMILES string of the molecule is CCOC(=O)c1ccc2c(c1)NC=CO2. The summed E-state index contributed by atoms with van der Waals surface area (Å²) < 4.78 is 10.1. The van der Waals surface area contributed by atoms with Crippen molar-refractivity contribution in [3.05, 3.63) is 36.2 Å². The molecule has 1 N–H and O–H groups in total. The minimum absolute atomic E-state index is 0.323. The molecular formula is C11H11NO3. The predicted octanol–water partition coefficient (Wildman–Crippen LogP) is 2.14. The van der Waals surface area contributed by atoms with Crippen LogP contribution in [0.2, 0.25) is 0 Å². The molecule has 0 bridgehead atoms. The third-order valence-electron chi connectivity index (χ3n) is 1.99. The monoisotopic (exact) mass is 205 g/mol. The van der Waals surface area contributed by atoms with E-state index in [2.05, 4.69) is 5.32 Å². The molecule has 0 amide bonds. The molecule has 15 heavy (non-hydrogen) atoms. The first-order chi connectivity index (χ1) is 7.31. The summed E-state index contributed by atoms with van der Waals surface area (Å²) in [5.41, 5.74) is 1.28. The summed E-state index contributed by atoms with van der Waals surface area (Å²) in [6, 6.07) is 5.12. The average Bonchev–Trinajstić information content (AvgIpc) is 2.29. The van der Waals surface area contributed by atoms with Crippen LogP contribution in [-0.4, -0.2) is 12.6 Å². The first-order valence-electron chi connectivity index (χ1n) is 4.70. The maximum absolute atomic E-state index is 11.4. The normalized spacial score (nSPS) is 12.3. The second-order valence-corrected chi connectivity index (χ2v) is 3.00. The van der Waals surface area contributed by atoms with Gasteiger partial charge in [-0.2, -0.15) is 0 Å². The molecule has 0 radical (unpaired) electrons. The molecule has 2 rings (SSSR count). The van der Waals surface area contributed by atoms with Crippen LogP contribution in [0.1, 0.15) is 17.3 Å². The fraction of sp³-hybridized carbons (Fsp3) is 0.182. The minimum atomic E-state index is -0.323. The molecule has 0 saturated carbocycles.